The summed E-state index contributed by atoms with van der Waals surface area (Å²) in [6.07, 6.45) is 0.660. The Hall–Kier alpha value is -1.78. The monoisotopic (exact) mass is 357 g/mol. The van der Waals surface area contributed by atoms with Crippen LogP contribution < -0.4 is 0 Å². The van der Waals surface area contributed by atoms with Crippen LogP contribution in [-0.4, -0.2) is 47.0 Å². The fraction of sp³-hybridized carbons (Fsp3) is 0.462. The number of aryl methyl sites for hydroxylation is 1. The van der Waals surface area contributed by atoms with Crippen molar-refractivity contribution in [2.45, 2.75) is 24.0 Å². The van der Waals surface area contributed by atoms with Crippen LogP contribution >= 0.6 is 11.3 Å². The lowest BCUT2D eigenvalue weighted by Gasteiger charge is -2.28. The van der Waals surface area contributed by atoms with E-state index in [9.17, 15) is 13.2 Å². The van der Waals surface area contributed by atoms with Crippen molar-refractivity contribution in [3.8, 4) is 11.4 Å². The molecule has 2 aromatic heterocycles. The Bertz CT molecular complexity index is 818. The number of piperidine rings is 1. The van der Waals surface area contributed by atoms with Crippen molar-refractivity contribution in [1.29, 1.82) is 0 Å². The number of sulfonamides is 1. The average Bonchev–Trinajstić information content (AvgIpc) is 3.16. The Morgan fingerprint density at radius 2 is 2.13 bits per heavy atom. The Morgan fingerprint density at radius 3 is 2.70 bits per heavy atom. The molecule has 1 fully saturated rings. The molecular formula is C13H15N3O5S2. The highest BCUT2D eigenvalue weighted by atomic mass is 32.2. The van der Waals surface area contributed by atoms with Crippen LogP contribution in [-0.2, 0) is 14.8 Å². The van der Waals surface area contributed by atoms with E-state index < -0.39 is 21.9 Å². The minimum absolute atomic E-state index is 0.198. The van der Waals surface area contributed by atoms with Crippen molar-refractivity contribution in [3.63, 3.8) is 0 Å². The SMILES string of the molecule is Cc1nc(-c2csc(S(=O)(=O)N3CCC(C(=O)O)CC3)c2)no1. The summed E-state index contributed by atoms with van der Waals surface area (Å²) in [5.74, 6) is -0.577. The lowest BCUT2D eigenvalue weighted by Crippen LogP contribution is -2.39. The number of hydrogen-bond donors (Lipinski definition) is 1. The molecule has 2 aromatic rings. The van der Waals surface area contributed by atoms with Gasteiger partial charge in [-0.3, -0.25) is 4.79 Å². The first kappa shape index (κ1) is 16.1. The summed E-state index contributed by atoms with van der Waals surface area (Å²) >= 11 is 1.09. The van der Waals surface area contributed by atoms with E-state index in [-0.39, 0.29) is 17.3 Å². The molecule has 10 heteroatoms. The van der Waals surface area contributed by atoms with E-state index >= 15 is 0 Å². The summed E-state index contributed by atoms with van der Waals surface area (Å²) in [5.41, 5.74) is 0.589. The van der Waals surface area contributed by atoms with Gasteiger partial charge in [-0.25, -0.2) is 8.42 Å². The quantitative estimate of drug-likeness (QED) is 0.884. The lowest BCUT2D eigenvalue weighted by molar-refractivity contribution is -0.142. The van der Waals surface area contributed by atoms with Gasteiger partial charge in [-0.1, -0.05) is 5.16 Å². The Balaban J connectivity index is 1.78. The van der Waals surface area contributed by atoms with E-state index in [0.717, 1.165) is 11.3 Å². The molecule has 3 heterocycles. The first-order valence-corrected chi connectivity index (χ1v) is 9.32. The lowest BCUT2D eigenvalue weighted by atomic mass is 9.99. The number of hydrogen-bond acceptors (Lipinski definition) is 7. The fourth-order valence-corrected chi connectivity index (χ4v) is 5.24. The first-order chi connectivity index (χ1) is 10.9. The number of rotatable bonds is 4. The number of thiophene rings is 1. The summed E-state index contributed by atoms with van der Waals surface area (Å²) in [4.78, 5) is 15.0. The van der Waals surface area contributed by atoms with Crippen LogP contribution in [0.3, 0.4) is 0 Å². The van der Waals surface area contributed by atoms with Crippen LogP contribution in [0.2, 0.25) is 0 Å². The fourth-order valence-electron chi connectivity index (χ4n) is 2.46. The van der Waals surface area contributed by atoms with Crippen LogP contribution in [0, 0.1) is 12.8 Å². The molecule has 0 spiro atoms. The summed E-state index contributed by atoms with van der Waals surface area (Å²) in [6, 6.07) is 1.52. The van der Waals surface area contributed by atoms with Crippen LogP contribution in [0.15, 0.2) is 20.2 Å². The van der Waals surface area contributed by atoms with Crippen molar-refractivity contribution < 1.29 is 22.8 Å². The van der Waals surface area contributed by atoms with Crippen LogP contribution in [0.1, 0.15) is 18.7 Å². The van der Waals surface area contributed by atoms with Crippen molar-refractivity contribution >= 4 is 27.3 Å². The number of aromatic nitrogens is 2. The van der Waals surface area contributed by atoms with E-state index in [1.165, 1.54) is 10.4 Å². The zero-order valence-electron chi connectivity index (χ0n) is 12.3. The number of nitrogens with zero attached hydrogens (tertiary/aromatic N) is 3. The van der Waals surface area contributed by atoms with E-state index in [1.54, 1.807) is 12.3 Å². The smallest absolute Gasteiger partial charge is 0.306 e. The highest BCUT2D eigenvalue weighted by molar-refractivity contribution is 7.91. The number of carboxylic acids is 1. The van der Waals surface area contributed by atoms with E-state index in [1.807, 2.05) is 0 Å². The molecule has 8 nitrogen and oxygen atoms in total. The third-order valence-corrected chi connectivity index (χ3v) is 7.07. The Kier molecular flexibility index (Phi) is 4.21. The van der Waals surface area contributed by atoms with Crippen LogP contribution in [0.5, 0.6) is 0 Å². The highest BCUT2D eigenvalue weighted by Crippen LogP contribution is 2.31. The van der Waals surface area contributed by atoms with Gasteiger partial charge in [0.1, 0.15) is 4.21 Å². The van der Waals surface area contributed by atoms with E-state index in [2.05, 4.69) is 10.1 Å². The average molecular weight is 357 g/mol. The standard InChI is InChI=1S/C13H15N3O5S2/c1-8-14-12(15-21-8)10-6-11(22-7-10)23(19,20)16-4-2-9(3-5-16)13(17)18/h6-7,9H,2-5H2,1H3,(H,17,18). The van der Waals surface area contributed by atoms with Gasteiger partial charge >= 0.3 is 5.97 Å². The summed E-state index contributed by atoms with van der Waals surface area (Å²) in [7, 11) is -3.62. The van der Waals surface area contributed by atoms with Gasteiger partial charge in [-0.05, 0) is 18.9 Å². The van der Waals surface area contributed by atoms with Gasteiger partial charge in [0.15, 0.2) is 0 Å². The minimum atomic E-state index is -3.62. The van der Waals surface area contributed by atoms with Gasteiger partial charge in [0.25, 0.3) is 10.0 Å². The predicted molar refractivity (Wildman–Crippen MR) is 81.5 cm³/mol. The summed E-state index contributed by atoms with van der Waals surface area (Å²) in [5, 5.41) is 14.4. The largest absolute Gasteiger partial charge is 0.481 e. The molecule has 0 atom stereocenters. The molecule has 0 bridgehead atoms. The topological polar surface area (TPSA) is 114 Å². The van der Waals surface area contributed by atoms with Gasteiger partial charge in [0.05, 0.1) is 5.92 Å². The maximum Gasteiger partial charge on any atom is 0.306 e. The van der Waals surface area contributed by atoms with Gasteiger partial charge in [-0.15, -0.1) is 11.3 Å². The molecule has 0 aliphatic carbocycles. The van der Waals surface area contributed by atoms with Crippen molar-refractivity contribution in [2.24, 2.45) is 5.92 Å². The highest BCUT2D eigenvalue weighted by Gasteiger charge is 2.33. The van der Waals surface area contributed by atoms with Gasteiger partial charge in [0, 0.05) is 31.0 Å². The maximum atomic E-state index is 12.6. The van der Waals surface area contributed by atoms with Crippen molar-refractivity contribution in [2.75, 3.05) is 13.1 Å². The normalized spacial score (nSPS) is 17.4. The molecule has 124 valence electrons. The molecule has 1 aliphatic rings. The molecule has 0 saturated carbocycles. The third-order valence-electron chi connectivity index (χ3n) is 3.76. The summed E-state index contributed by atoms with van der Waals surface area (Å²) in [6.45, 7) is 2.09. The number of carboxylic acid groups (broad SMARTS) is 1. The second-order valence-electron chi connectivity index (χ2n) is 5.31. The molecule has 1 N–H and O–H groups in total. The Labute approximate surface area is 136 Å². The predicted octanol–water partition coefficient (Wildman–Crippen LogP) is 1.59. The zero-order chi connectivity index (χ0) is 16.6. The van der Waals surface area contributed by atoms with E-state index in [4.69, 9.17) is 9.63 Å². The van der Waals surface area contributed by atoms with Gasteiger partial charge in [-0.2, -0.15) is 9.29 Å². The molecule has 0 radical (unpaired) electrons. The van der Waals surface area contributed by atoms with E-state index in [0.29, 0.717) is 30.1 Å². The van der Waals surface area contributed by atoms with Crippen molar-refractivity contribution in [1.82, 2.24) is 14.4 Å². The number of carbonyl (C=O) groups is 1. The minimum Gasteiger partial charge on any atom is -0.481 e. The number of aliphatic carboxylic acids is 1. The molecule has 23 heavy (non-hydrogen) atoms. The first-order valence-electron chi connectivity index (χ1n) is 7.00. The Morgan fingerprint density at radius 1 is 1.43 bits per heavy atom. The zero-order valence-corrected chi connectivity index (χ0v) is 13.9. The van der Waals surface area contributed by atoms with Crippen molar-refractivity contribution in [3.05, 3.63) is 17.3 Å². The second-order valence-corrected chi connectivity index (χ2v) is 8.38. The van der Waals surface area contributed by atoms with Gasteiger partial charge in [0.2, 0.25) is 11.7 Å². The third kappa shape index (κ3) is 3.14. The molecule has 1 saturated heterocycles. The van der Waals surface area contributed by atoms with Crippen LogP contribution in [0.4, 0.5) is 0 Å². The second kappa shape index (κ2) is 6.02. The molecule has 0 amide bonds. The van der Waals surface area contributed by atoms with Gasteiger partial charge < -0.3 is 9.63 Å². The van der Waals surface area contributed by atoms with Crippen LogP contribution in [0.25, 0.3) is 11.4 Å². The molecule has 1 aliphatic heterocycles. The molecular weight excluding hydrogens is 342 g/mol. The molecule has 3 rings (SSSR count). The summed E-state index contributed by atoms with van der Waals surface area (Å²) < 4.78 is 31.7. The molecule has 0 aromatic carbocycles. The maximum absolute atomic E-state index is 12.6. The molecule has 0 unspecified atom stereocenters.